The van der Waals surface area contributed by atoms with E-state index in [4.69, 9.17) is 4.74 Å². The Hall–Kier alpha value is -2.57. The third-order valence-electron chi connectivity index (χ3n) is 5.88. The van der Waals surface area contributed by atoms with E-state index in [1.807, 2.05) is 0 Å². The van der Waals surface area contributed by atoms with Crippen LogP contribution in [0.25, 0.3) is 0 Å². The molecule has 7 nitrogen and oxygen atoms in total. The number of carbonyl (C=O) groups excluding carboxylic acids is 3. The maximum absolute atomic E-state index is 12.8. The molecule has 7 heteroatoms. The van der Waals surface area contributed by atoms with Crippen LogP contribution in [-0.2, 0) is 27.2 Å². The number of phenolic OH excluding ortho intramolecular Hbond substituents is 1. The summed E-state index contributed by atoms with van der Waals surface area (Å²) in [6.07, 6.45) is 5.17. The quantitative estimate of drug-likeness (QED) is 0.763. The van der Waals surface area contributed by atoms with Crippen molar-refractivity contribution in [3.8, 4) is 5.75 Å². The minimum Gasteiger partial charge on any atom is -0.507 e. The first-order valence-electron chi connectivity index (χ1n) is 10.4. The standard InChI is InChI=1S/C22H30N2O5/c1-3-29-22(28)15-8-10-24(11-9-15)20(26)14-23(2)21(27)18-12-16-6-4-5-7-17(16)13-19(18)25/h12-13,15,25H,3-11,14H2,1-2H3. The number of amides is 2. The molecule has 1 N–H and O–H groups in total. The Balaban J connectivity index is 1.57. The maximum Gasteiger partial charge on any atom is 0.309 e. The summed E-state index contributed by atoms with van der Waals surface area (Å²) >= 11 is 0. The molecule has 1 aliphatic carbocycles. The first kappa shape index (κ1) is 21.1. The molecule has 1 aliphatic heterocycles. The molecule has 0 spiro atoms. The van der Waals surface area contributed by atoms with Crippen LogP contribution >= 0.6 is 0 Å². The van der Waals surface area contributed by atoms with E-state index in [0.717, 1.165) is 36.8 Å². The minimum absolute atomic E-state index is 0.0230. The van der Waals surface area contributed by atoms with Gasteiger partial charge >= 0.3 is 5.97 Å². The number of benzene rings is 1. The number of fused-ring (bicyclic) bond motifs is 1. The van der Waals surface area contributed by atoms with Crippen LogP contribution in [0, 0.1) is 5.92 Å². The summed E-state index contributed by atoms with van der Waals surface area (Å²) in [5, 5.41) is 10.3. The number of hydrogen-bond acceptors (Lipinski definition) is 5. The lowest BCUT2D eigenvalue weighted by molar-refractivity contribution is -0.151. The van der Waals surface area contributed by atoms with E-state index in [9.17, 15) is 19.5 Å². The first-order valence-corrected chi connectivity index (χ1v) is 10.4. The first-order chi connectivity index (χ1) is 13.9. The van der Waals surface area contributed by atoms with Gasteiger partial charge in [-0.05, 0) is 68.7 Å². The second kappa shape index (κ2) is 9.29. The number of hydrogen-bond donors (Lipinski definition) is 1. The number of esters is 1. The van der Waals surface area contributed by atoms with E-state index < -0.39 is 0 Å². The Morgan fingerprint density at radius 1 is 1.14 bits per heavy atom. The van der Waals surface area contributed by atoms with Crippen molar-refractivity contribution in [2.24, 2.45) is 5.92 Å². The molecule has 2 aliphatic rings. The number of aromatic hydroxyl groups is 1. The molecule has 0 atom stereocenters. The van der Waals surface area contributed by atoms with Crippen molar-refractivity contribution in [3.63, 3.8) is 0 Å². The third kappa shape index (κ3) is 4.89. The summed E-state index contributed by atoms with van der Waals surface area (Å²) in [6.45, 7) is 3.05. The highest BCUT2D eigenvalue weighted by molar-refractivity contribution is 5.99. The van der Waals surface area contributed by atoms with Crippen molar-refractivity contribution >= 4 is 17.8 Å². The van der Waals surface area contributed by atoms with Gasteiger partial charge in [-0.25, -0.2) is 0 Å². The highest BCUT2D eigenvalue weighted by Crippen LogP contribution is 2.29. The number of rotatable bonds is 5. The predicted octanol–water partition coefficient (Wildman–Crippen LogP) is 2.14. The predicted molar refractivity (Wildman–Crippen MR) is 108 cm³/mol. The number of ether oxygens (including phenoxy) is 1. The molecule has 1 aromatic rings. The number of aryl methyl sites for hydroxylation is 2. The smallest absolute Gasteiger partial charge is 0.309 e. The average molecular weight is 402 g/mol. The Morgan fingerprint density at radius 3 is 2.38 bits per heavy atom. The molecule has 1 aromatic carbocycles. The zero-order chi connectivity index (χ0) is 21.0. The summed E-state index contributed by atoms with van der Waals surface area (Å²) in [4.78, 5) is 40.3. The van der Waals surface area contributed by atoms with Crippen LogP contribution in [0.5, 0.6) is 5.75 Å². The van der Waals surface area contributed by atoms with Crippen molar-refractivity contribution in [3.05, 3.63) is 28.8 Å². The van der Waals surface area contributed by atoms with Gasteiger partial charge < -0.3 is 19.6 Å². The van der Waals surface area contributed by atoms with E-state index in [-0.39, 0.29) is 41.6 Å². The SMILES string of the molecule is CCOC(=O)C1CCN(C(=O)CN(C)C(=O)c2cc3c(cc2O)CCCC3)CC1. The van der Waals surface area contributed by atoms with Crippen LogP contribution in [-0.4, -0.2) is 66.0 Å². The molecular formula is C22H30N2O5. The summed E-state index contributed by atoms with van der Waals surface area (Å²) < 4.78 is 5.05. The van der Waals surface area contributed by atoms with E-state index in [2.05, 4.69) is 0 Å². The number of likely N-dealkylation sites (tertiary alicyclic amines) is 1. The number of nitrogens with zero attached hydrogens (tertiary/aromatic N) is 2. The van der Waals surface area contributed by atoms with Gasteiger partial charge in [0, 0.05) is 20.1 Å². The van der Waals surface area contributed by atoms with E-state index in [0.29, 0.717) is 32.5 Å². The highest BCUT2D eigenvalue weighted by atomic mass is 16.5. The second-order valence-electron chi connectivity index (χ2n) is 7.91. The molecule has 1 fully saturated rings. The third-order valence-corrected chi connectivity index (χ3v) is 5.88. The topological polar surface area (TPSA) is 87.2 Å². The lowest BCUT2D eigenvalue weighted by Crippen LogP contribution is -2.45. The van der Waals surface area contributed by atoms with Crippen LogP contribution < -0.4 is 0 Å². The summed E-state index contributed by atoms with van der Waals surface area (Å²) in [6, 6.07) is 3.47. The number of carbonyl (C=O) groups is 3. The van der Waals surface area contributed by atoms with Crippen molar-refractivity contribution in [1.29, 1.82) is 0 Å². The molecule has 1 heterocycles. The molecule has 2 amide bonds. The molecule has 0 radical (unpaired) electrons. The average Bonchev–Trinajstić information content (AvgIpc) is 2.73. The van der Waals surface area contributed by atoms with Crippen molar-refractivity contribution in [1.82, 2.24) is 9.80 Å². The molecule has 1 saturated heterocycles. The van der Waals surface area contributed by atoms with E-state index >= 15 is 0 Å². The van der Waals surface area contributed by atoms with Crippen molar-refractivity contribution in [2.45, 2.75) is 45.4 Å². The van der Waals surface area contributed by atoms with Crippen molar-refractivity contribution < 1.29 is 24.2 Å². The number of likely N-dealkylation sites (N-methyl/N-ethyl adjacent to an activating group) is 1. The fourth-order valence-corrected chi connectivity index (χ4v) is 4.15. The monoisotopic (exact) mass is 402 g/mol. The van der Waals surface area contributed by atoms with Gasteiger partial charge in [-0.15, -0.1) is 0 Å². The van der Waals surface area contributed by atoms with E-state index in [1.54, 1.807) is 31.0 Å². The molecule has 0 aromatic heterocycles. The van der Waals surface area contributed by atoms with Gasteiger partial charge in [0.05, 0.1) is 24.6 Å². The molecule has 0 bridgehead atoms. The van der Waals surface area contributed by atoms with Crippen molar-refractivity contribution in [2.75, 3.05) is 33.3 Å². The largest absolute Gasteiger partial charge is 0.507 e. The fourth-order valence-electron chi connectivity index (χ4n) is 4.15. The second-order valence-corrected chi connectivity index (χ2v) is 7.91. The van der Waals surface area contributed by atoms with Gasteiger partial charge in [0.2, 0.25) is 5.91 Å². The zero-order valence-electron chi connectivity index (χ0n) is 17.3. The van der Waals surface area contributed by atoms with Gasteiger partial charge in [0.25, 0.3) is 5.91 Å². The van der Waals surface area contributed by atoms with Crippen LogP contribution in [0.3, 0.4) is 0 Å². The maximum atomic E-state index is 12.8. The normalized spacial score (nSPS) is 16.8. The summed E-state index contributed by atoms with van der Waals surface area (Å²) in [7, 11) is 1.57. The molecular weight excluding hydrogens is 372 g/mol. The molecule has 29 heavy (non-hydrogen) atoms. The summed E-state index contributed by atoms with van der Waals surface area (Å²) in [5.41, 5.74) is 2.47. The van der Waals surface area contributed by atoms with Crippen LogP contribution in [0.4, 0.5) is 0 Å². The minimum atomic E-state index is -0.356. The van der Waals surface area contributed by atoms with Gasteiger partial charge in [-0.1, -0.05) is 0 Å². The Labute approximate surface area is 171 Å². The van der Waals surface area contributed by atoms with Crippen LogP contribution in [0.15, 0.2) is 12.1 Å². The highest BCUT2D eigenvalue weighted by Gasteiger charge is 2.29. The summed E-state index contributed by atoms with van der Waals surface area (Å²) in [5.74, 6) is -0.892. The van der Waals surface area contributed by atoms with Crippen LogP contribution in [0.2, 0.25) is 0 Å². The lowest BCUT2D eigenvalue weighted by Gasteiger charge is -2.32. The van der Waals surface area contributed by atoms with Gasteiger partial charge in [0.15, 0.2) is 0 Å². The number of piperidine rings is 1. The Kier molecular flexibility index (Phi) is 6.77. The van der Waals surface area contributed by atoms with Gasteiger partial charge in [0.1, 0.15) is 5.75 Å². The zero-order valence-corrected chi connectivity index (χ0v) is 17.3. The molecule has 158 valence electrons. The molecule has 0 saturated carbocycles. The lowest BCUT2D eigenvalue weighted by atomic mass is 9.89. The Bertz CT molecular complexity index is 784. The van der Waals surface area contributed by atoms with Gasteiger partial charge in [-0.3, -0.25) is 14.4 Å². The van der Waals surface area contributed by atoms with E-state index in [1.165, 1.54) is 4.90 Å². The molecule has 0 unspecified atom stereocenters. The fraction of sp³-hybridized carbons (Fsp3) is 0.591. The Morgan fingerprint density at radius 2 is 1.76 bits per heavy atom. The number of phenols is 1. The van der Waals surface area contributed by atoms with Gasteiger partial charge in [-0.2, -0.15) is 0 Å². The van der Waals surface area contributed by atoms with Crippen LogP contribution in [0.1, 0.15) is 54.1 Å². The molecule has 3 rings (SSSR count).